The fourth-order valence-corrected chi connectivity index (χ4v) is 2.35. The van der Waals surface area contributed by atoms with Crippen molar-refractivity contribution in [3.63, 3.8) is 0 Å². The van der Waals surface area contributed by atoms with Gasteiger partial charge < -0.3 is 0 Å². The normalized spacial score (nSPS) is 10.4. The molecule has 0 aliphatic heterocycles. The summed E-state index contributed by atoms with van der Waals surface area (Å²) in [5.41, 5.74) is 1.20. The summed E-state index contributed by atoms with van der Waals surface area (Å²) in [5, 5.41) is 1.53. The first kappa shape index (κ1) is 13.4. The molecule has 0 bridgehead atoms. The monoisotopic (exact) mass is 298 g/mol. The molecule has 4 heteroatoms. The Morgan fingerprint density at radius 2 is 1.56 bits per heavy atom. The van der Waals surface area contributed by atoms with E-state index >= 15 is 0 Å². The molecule has 2 aromatic carbocycles. The lowest BCUT2D eigenvalue weighted by Crippen LogP contribution is -2.04. The Morgan fingerprint density at radius 1 is 0.944 bits per heavy atom. The van der Waals surface area contributed by atoms with Crippen molar-refractivity contribution in [3.05, 3.63) is 68.7 Å². The first-order chi connectivity index (χ1) is 8.58. The molecule has 1 nitrogen and oxygen atoms in total. The van der Waals surface area contributed by atoms with E-state index in [1.807, 2.05) is 0 Å². The fraction of sp³-hybridized carbons (Fsp3) is 0.0714. The van der Waals surface area contributed by atoms with E-state index in [4.69, 9.17) is 34.8 Å². The van der Waals surface area contributed by atoms with Crippen molar-refractivity contribution in [1.29, 1.82) is 0 Å². The standard InChI is InChI=1S/C14H9Cl3O/c15-10-4-1-3-9(7-10)14(18)8-11-12(16)5-2-6-13(11)17/h1-7H,8H2. The van der Waals surface area contributed by atoms with Gasteiger partial charge in [0.1, 0.15) is 0 Å². The van der Waals surface area contributed by atoms with Gasteiger partial charge in [0.05, 0.1) is 0 Å². The summed E-state index contributed by atoms with van der Waals surface area (Å²) in [6.07, 6.45) is 0.166. The van der Waals surface area contributed by atoms with Gasteiger partial charge >= 0.3 is 0 Å². The molecular weight excluding hydrogens is 291 g/mol. The molecule has 0 aliphatic rings. The average Bonchev–Trinajstić information content (AvgIpc) is 2.34. The molecule has 0 amide bonds. The molecule has 0 aromatic heterocycles. The number of carbonyl (C=O) groups excluding carboxylic acids is 1. The van der Waals surface area contributed by atoms with Gasteiger partial charge in [0.15, 0.2) is 5.78 Å². The van der Waals surface area contributed by atoms with E-state index in [2.05, 4.69) is 0 Å². The largest absolute Gasteiger partial charge is 0.294 e. The molecule has 0 spiro atoms. The minimum atomic E-state index is -0.0625. The maximum atomic E-state index is 12.1. The van der Waals surface area contributed by atoms with Gasteiger partial charge in [-0.1, -0.05) is 53.0 Å². The lowest BCUT2D eigenvalue weighted by atomic mass is 10.0. The number of carbonyl (C=O) groups is 1. The molecule has 2 aromatic rings. The highest BCUT2D eigenvalue weighted by Gasteiger charge is 2.12. The van der Waals surface area contributed by atoms with Gasteiger partial charge in [-0.2, -0.15) is 0 Å². The zero-order valence-electron chi connectivity index (χ0n) is 9.29. The molecule has 92 valence electrons. The zero-order valence-corrected chi connectivity index (χ0v) is 11.6. The quantitative estimate of drug-likeness (QED) is 0.723. The van der Waals surface area contributed by atoms with Gasteiger partial charge in [-0.25, -0.2) is 0 Å². The number of benzene rings is 2. The number of hydrogen-bond donors (Lipinski definition) is 0. The summed E-state index contributed by atoms with van der Waals surface area (Å²) in [6, 6.07) is 12.0. The summed E-state index contributed by atoms with van der Waals surface area (Å²) < 4.78 is 0. The summed E-state index contributed by atoms with van der Waals surface area (Å²) in [7, 11) is 0. The van der Waals surface area contributed by atoms with Crippen LogP contribution in [-0.4, -0.2) is 5.78 Å². The molecule has 0 saturated carbocycles. The van der Waals surface area contributed by atoms with Crippen LogP contribution in [0.4, 0.5) is 0 Å². The molecule has 18 heavy (non-hydrogen) atoms. The third-order valence-electron chi connectivity index (χ3n) is 2.55. The molecule has 0 N–H and O–H groups in total. The second kappa shape index (κ2) is 5.75. The van der Waals surface area contributed by atoms with Crippen LogP contribution in [0.1, 0.15) is 15.9 Å². The van der Waals surface area contributed by atoms with Crippen LogP contribution in [0.5, 0.6) is 0 Å². The molecule has 0 saturated heterocycles. The van der Waals surface area contributed by atoms with Crippen LogP contribution < -0.4 is 0 Å². The van der Waals surface area contributed by atoms with E-state index in [0.717, 1.165) is 0 Å². The van der Waals surface area contributed by atoms with E-state index < -0.39 is 0 Å². The van der Waals surface area contributed by atoms with Crippen LogP contribution in [-0.2, 0) is 6.42 Å². The van der Waals surface area contributed by atoms with Crippen LogP contribution in [0, 0.1) is 0 Å². The van der Waals surface area contributed by atoms with Crippen molar-refractivity contribution in [3.8, 4) is 0 Å². The molecule has 0 heterocycles. The number of rotatable bonds is 3. The van der Waals surface area contributed by atoms with Gasteiger partial charge in [0.25, 0.3) is 0 Å². The highest BCUT2D eigenvalue weighted by Crippen LogP contribution is 2.26. The second-order valence-electron chi connectivity index (χ2n) is 3.81. The van der Waals surface area contributed by atoms with E-state index in [-0.39, 0.29) is 12.2 Å². The van der Waals surface area contributed by atoms with Crippen molar-refractivity contribution < 1.29 is 4.79 Å². The average molecular weight is 300 g/mol. The SMILES string of the molecule is O=C(Cc1c(Cl)cccc1Cl)c1cccc(Cl)c1. The lowest BCUT2D eigenvalue weighted by molar-refractivity contribution is 0.0993. The molecule has 0 atom stereocenters. The molecule has 2 rings (SSSR count). The van der Waals surface area contributed by atoms with Crippen LogP contribution in [0.25, 0.3) is 0 Å². The van der Waals surface area contributed by atoms with Crippen LogP contribution in [0.2, 0.25) is 15.1 Å². The van der Waals surface area contributed by atoms with Gasteiger partial charge in [-0.05, 0) is 29.8 Å². The Bertz CT molecular complexity index is 573. The summed E-state index contributed by atoms with van der Waals surface area (Å²) in [6.45, 7) is 0. The highest BCUT2D eigenvalue weighted by molar-refractivity contribution is 6.36. The van der Waals surface area contributed by atoms with E-state index in [9.17, 15) is 4.79 Å². The Morgan fingerprint density at radius 3 is 2.17 bits per heavy atom. The fourth-order valence-electron chi connectivity index (χ4n) is 1.63. The Kier molecular flexibility index (Phi) is 4.28. The number of hydrogen-bond acceptors (Lipinski definition) is 1. The van der Waals surface area contributed by atoms with Gasteiger partial charge in [-0.3, -0.25) is 4.79 Å². The van der Waals surface area contributed by atoms with E-state index in [1.54, 1.807) is 42.5 Å². The first-order valence-electron chi connectivity index (χ1n) is 5.29. The van der Waals surface area contributed by atoms with E-state index in [0.29, 0.717) is 26.2 Å². The number of Topliss-reactive ketones (excluding diaryl/α,β-unsaturated/α-hetero) is 1. The second-order valence-corrected chi connectivity index (χ2v) is 5.06. The van der Waals surface area contributed by atoms with Crippen molar-refractivity contribution >= 4 is 40.6 Å². The van der Waals surface area contributed by atoms with Crippen molar-refractivity contribution in [2.24, 2.45) is 0 Å². The summed E-state index contributed by atoms with van der Waals surface area (Å²) in [4.78, 5) is 12.1. The van der Waals surface area contributed by atoms with Gasteiger partial charge in [-0.15, -0.1) is 0 Å². The first-order valence-corrected chi connectivity index (χ1v) is 6.43. The molecule has 0 radical (unpaired) electrons. The molecule has 0 unspecified atom stereocenters. The predicted molar refractivity (Wildman–Crippen MR) is 75.9 cm³/mol. The zero-order chi connectivity index (χ0) is 13.1. The maximum absolute atomic E-state index is 12.1. The smallest absolute Gasteiger partial charge is 0.167 e. The van der Waals surface area contributed by atoms with E-state index in [1.165, 1.54) is 0 Å². The predicted octanol–water partition coefficient (Wildman–Crippen LogP) is 5.07. The third-order valence-corrected chi connectivity index (χ3v) is 3.49. The molecular formula is C14H9Cl3O. The minimum absolute atomic E-state index is 0.0625. The summed E-state index contributed by atoms with van der Waals surface area (Å²) in [5.74, 6) is -0.0625. The maximum Gasteiger partial charge on any atom is 0.167 e. The Balaban J connectivity index is 2.27. The topological polar surface area (TPSA) is 17.1 Å². The Hall–Kier alpha value is -1.02. The molecule has 0 aliphatic carbocycles. The minimum Gasteiger partial charge on any atom is -0.294 e. The number of halogens is 3. The van der Waals surface area contributed by atoms with Gasteiger partial charge in [0, 0.05) is 27.1 Å². The van der Waals surface area contributed by atoms with Crippen molar-refractivity contribution in [2.75, 3.05) is 0 Å². The van der Waals surface area contributed by atoms with Crippen LogP contribution in [0.15, 0.2) is 42.5 Å². The lowest BCUT2D eigenvalue weighted by Gasteiger charge is -2.06. The van der Waals surface area contributed by atoms with Gasteiger partial charge in [0.2, 0.25) is 0 Å². The Labute approximate surface area is 120 Å². The molecule has 0 fully saturated rings. The summed E-state index contributed by atoms with van der Waals surface area (Å²) >= 11 is 17.9. The highest BCUT2D eigenvalue weighted by atomic mass is 35.5. The third kappa shape index (κ3) is 3.05. The van der Waals surface area contributed by atoms with Crippen LogP contribution in [0.3, 0.4) is 0 Å². The van der Waals surface area contributed by atoms with Crippen molar-refractivity contribution in [2.45, 2.75) is 6.42 Å². The number of ketones is 1. The van der Waals surface area contributed by atoms with Crippen LogP contribution >= 0.6 is 34.8 Å². The van der Waals surface area contributed by atoms with Crippen molar-refractivity contribution in [1.82, 2.24) is 0 Å².